The predicted molar refractivity (Wildman–Crippen MR) is 87.7 cm³/mol. The molecule has 0 unspecified atom stereocenters. The Bertz CT molecular complexity index is 674. The number of ether oxygens (including phenoxy) is 1. The fourth-order valence-corrected chi connectivity index (χ4v) is 2.08. The van der Waals surface area contributed by atoms with Gasteiger partial charge in [-0.05, 0) is 30.2 Å². The number of halogens is 1. The van der Waals surface area contributed by atoms with Crippen molar-refractivity contribution in [3.8, 4) is 11.5 Å². The number of hydrogen-bond acceptors (Lipinski definition) is 3. The molecule has 0 bridgehead atoms. The second-order valence-corrected chi connectivity index (χ2v) is 4.80. The number of primary amides is 1. The van der Waals surface area contributed by atoms with Gasteiger partial charge in [0.1, 0.15) is 11.5 Å². The lowest BCUT2D eigenvalue weighted by molar-refractivity contribution is 0.249. The highest BCUT2D eigenvalue weighted by Crippen LogP contribution is 2.27. The van der Waals surface area contributed by atoms with Crippen molar-refractivity contribution in [1.82, 2.24) is 5.43 Å². The first-order valence-corrected chi connectivity index (χ1v) is 7.23. The van der Waals surface area contributed by atoms with Crippen LogP contribution in [0.1, 0.15) is 11.1 Å². The smallest absolute Gasteiger partial charge is 0.332 e. The van der Waals surface area contributed by atoms with Gasteiger partial charge in [-0.2, -0.15) is 5.10 Å². The number of nitrogens with one attached hydrogen (secondary N) is 1. The molecule has 0 aromatic heterocycles. The second-order valence-electron chi connectivity index (χ2n) is 4.42. The van der Waals surface area contributed by atoms with Crippen LogP contribution >= 0.6 is 11.6 Å². The lowest BCUT2D eigenvalue weighted by Crippen LogP contribution is -2.24. The maximum absolute atomic E-state index is 10.6. The number of carbonyl (C=O) groups excluding carboxylic acids is 1. The summed E-state index contributed by atoms with van der Waals surface area (Å²) in [6.45, 7) is 0. The van der Waals surface area contributed by atoms with Crippen LogP contribution in [0.3, 0.4) is 0 Å². The number of urea groups is 1. The number of nitrogens with zero attached hydrogens (tertiary/aromatic N) is 1. The molecular formula is C16H16ClN3O2. The summed E-state index contributed by atoms with van der Waals surface area (Å²) in [5.74, 6) is 1.89. The molecule has 0 spiro atoms. The Hall–Kier alpha value is -2.53. The summed E-state index contributed by atoms with van der Waals surface area (Å²) in [6.07, 6.45) is 2.20. The minimum Gasteiger partial charge on any atom is -0.456 e. The summed E-state index contributed by atoms with van der Waals surface area (Å²) >= 11 is 5.81. The number of hydrazone groups is 1. The summed E-state index contributed by atoms with van der Waals surface area (Å²) in [5.41, 5.74) is 8.86. The molecule has 6 heteroatoms. The molecule has 2 aromatic carbocycles. The van der Waals surface area contributed by atoms with Crippen LogP contribution in [0.2, 0.25) is 0 Å². The number of benzene rings is 2. The number of hydrogen-bond donors (Lipinski definition) is 2. The lowest BCUT2D eigenvalue weighted by atomic mass is 10.1. The first-order chi connectivity index (χ1) is 10.7. The topological polar surface area (TPSA) is 76.7 Å². The van der Waals surface area contributed by atoms with Crippen molar-refractivity contribution in [2.75, 3.05) is 5.88 Å². The van der Waals surface area contributed by atoms with Crippen molar-refractivity contribution in [3.05, 3.63) is 59.7 Å². The van der Waals surface area contributed by atoms with Gasteiger partial charge in [0.25, 0.3) is 0 Å². The Morgan fingerprint density at radius 3 is 2.59 bits per heavy atom. The van der Waals surface area contributed by atoms with E-state index in [1.165, 1.54) is 6.21 Å². The Morgan fingerprint density at radius 2 is 1.86 bits per heavy atom. The summed E-state index contributed by atoms with van der Waals surface area (Å²) in [7, 11) is 0. The number of alkyl halides is 1. The van der Waals surface area contributed by atoms with E-state index in [4.69, 9.17) is 22.1 Å². The lowest BCUT2D eigenvalue weighted by Gasteiger charge is -2.12. The molecule has 2 amide bonds. The molecular weight excluding hydrogens is 302 g/mol. The van der Waals surface area contributed by atoms with Crippen molar-refractivity contribution >= 4 is 23.8 Å². The third-order valence-electron chi connectivity index (χ3n) is 2.85. The Labute approximate surface area is 133 Å². The normalized spacial score (nSPS) is 10.6. The van der Waals surface area contributed by atoms with Gasteiger partial charge in [-0.25, -0.2) is 10.2 Å². The van der Waals surface area contributed by atoms with E-state index in [1.807, 2.05) is 48.5 Å². The molecule has 0 fully saturated rings. The zero-order chi connectivity index (χ0) is 15.8. The minimum absolute atomic E-state index is 0.520. The zero-order valence-electron chi connectivity index (χ0n) is 11.8. The van der Waals surface area contributed by atoms with Gasteiger partial charge in [0, 0.05) is 11.4 Å². The highest BCUT2D eigenvalue weighted by Gasteiger charge is 2.06. The minimum atomic E-state index is -0.720. The van der Waals surface area contributed by atoms with Gasteiger partial charge in [0.05, 0.1) is 6.21 Å². The highest BCUT2D eigenvalue weighted by atomic mass is 35.5. The quantitative estimate of drug-likeness (QED) is 0.487. The van der Waals surface area contributed by atoms with E-state index in [9.17, 15) is 4.79 Å². The monoisotopic (exact) mass is 317 g/mol. The van der Waals surface area contributed by atoms with Gasteiger partial charge >= 0.3 is 6.03 Å². The van der Waals surface area contributed by atoms with Gasteiger partial charge in [-0.3, -0.25) is 0 Å². The molecule has 5 nitrogen and oxygen atoms in total. The molecule has 0 radical (unpaired) electrons. The molecule has 2 rings (SSSR count). The summed E-state index contributed by atoms with van der Waals surface area (Å²) < 4.78 is 5.96. The van der Waals surface area contributed by atoms with Crippen LogP contribution in [0.15, 0.2) is 53.6 Å². The van der Waals surface area contributed by atoms with E-state index in [0.717, 1.165) is 23.3 Å². The van der Waals surface area contributed by atoms with Crippen LogP contribution in [-0.4, -0.2) is 18.1 Å². The van der Waals surface area contributed by atoms with Crippen LogP contribution in [0, 0.1) is 0 Å². The first-order valence-electron chi connectivity index (χ1n) is 6.70. The summed E-state index contributed by atoms with van der Waals surface area (Å²) in [5, 5.41) is 3.75. The number of nitrogens with two attached hydrogens (primary N) is 1. The van der Waals surface area contributed by atoms with Crippen LogP contribution in [0.25, 0.3) is 0 Å². The maximum Gasteiger partial charge on any atom is 0.332 e. The van der Waals surface area contributed by atoms with Gasteiger partial charge < -0.3 is 10.5 Å². The molecule has 114 valence electrons. The van der Waals surface area contributed by atoms with Crippen LogP contribution < -0.4 is 15.9 Å². The molecule has 0 atom stereocenters. The fraction of sp³-hybridized carbons (Fsp3) is 0.125. The van der Waals surface area contributed by atoms with Crippen molar-refractivity contribution in [1.29, 1.82) is 0 Å². The third-order valence-corrected chi connectivity index (χ3v) is 3.04. The fourth-order valence-electron chi connectivity index (χ4n) is 1.88. The zero-order valence-corrected chi connectivity index (χ0v) is 12.6. The van der Waals surface area contributed by atoms with E-state index in [1.54, 1.807) is 0 Å². The largest absolute Gasteiger partial charge is 0.456 e. The van der Waals surface area contributed by atoms with Crippen molar-refractivity contribution in [3.63, 3.8) is 0 Å². The molecule has 2 aromatic rings. The average molecular weight is 318 g/mol. The van der Waals surface area contributed by atoms with Crippen LogP contribution in [0.5, 0.6) is 11.5 Å². The maximum atomic E-state index is 10.6. The van der Waals surface area contributed by atoms with Crippen molar-refractivity contribution in [2.45, 2.75) is 6.42 Å². The van der Waals surface area contributed by atoms with E-state index in [0.29, 0.717) is 11.6 Å². The molecule has 0 aliphatic carbocycles. The Morgan fingerprint density at radius 1 is 1.18 bits per heavy atom. The first kappa shape index (κ1) is 15.9. The Kier molecular flexibility index (Phi) is 5.80. The van der Waals surface area contributed by atoms with Gasteiger partial charge in [-0.15, -0.1) is 11.6 Å². The SMILES string of the molecule is NC(=O)N/N=C\c1ccccc1Oc1ccccc1CCCl. The summed E-state index contributed by atoms with van der Waals surface area (Å²) in [4.78, 5) is 10.6. The second kappa shape index (κ2) is 8.05. The predicted octanol–water partition coefficient (Wildman–Crippen LogP) is 3.26. The Balaban J connectivity index is 2.23. The van der Waals surface area contributed by atoms with Gasteiger partial charge in [-0.1, -0.05) is 30.3 Å². The van der Waals surface area contributed by atoms with Crippen molar-refractivity contribution in [2.24, 2.45) is 10.8 Å². The van der Waals surface area contributed by atoms with Gasteiger partial charge in [0.15, 0.2) is 0 Å². The molecule has 0 saturated heterocycles. The molecule has 22 heavy (non-hydrogen) atoms. The van der Waals surface area contributed by atoms with Crippen LogP contribution in [-0.2, 0) is 6.42 Å². The van der Waals surface area contributed by atoms with Crippen LogP contribution in [0.4, 0.5) is 4.79 Å². The number of rotatable bonds is 6. The number of carbonyl (C=O) groups is 1. The number of aryl methyl sites for hydroxylation is 1. The van der Waals surface area contributed by atoms with E-state index in [-0.39, 0.29) is 0 Å². The van der Waals surface area contributed by atoms with Crippen molar-refractivity contribution < 1.29 is 9.53 Å². The van der Waals surface area contributed by atoms with Gasteiger partial charge in [0.2, 0.25) is 0 Å². The summed E-state index contributed by atoms with van der Waals surface area (Å²) in [6, 6.07) is 14.3. The molecule has 0 aliphatic heterocycles. The van der Waals surface area contributed by atoms with E-state index in [2.05, 4.69) is 10.5 Å². The highest BCUT2D eigenvalue weighted by molar-refractivity contribution is 6.18. The molecule has 0 aliphatic rings. The third kappa shape index (κ3) is 4.49. The molecule has 0 heterocycles. The van der Waals surface area contributed by atoms with E-state index < -0.39 is 6.03 Å². The molecule has 3 N–H and O–H groups in total. The molecule has 0 saturated carbocycles. The van der Waals surface area contributed by atoms with E-state index >= 15 is 0 Å². The number of para-hydroxylation sites is 2. The average Bonchev–Trinajstić information content (AvgIpc) is 2.51. The number of amides is 2. The standard InChI is InChI=1S/C16H16ClN3O2/c17-10-9-12-5-1-3-7-14(12)22-15-8-4-2-6-13(15)11-19-20-16(18)21/h1-8,11H,9-10H2,(H3,18,20,21)/b19-11-.